The Balaban J connectivity index is 2.17. The molecule has 1 aliphatic heterocycles. The Kier molecular flexibility index (Phi) is 4.49. The number of amides is 1. The highest BCUT2D eigenvalue weighted by atomic mass is 16.7. The molecule has 1 fully saturated rings. The normalized spacial score (nSPS) is 18.2. The van der Waals surface area contributed by atoms with Crippen molar-refractivity contribution in [2.24, 2.45) is 0 Å². The number of rotatable bonds is 4. The van der Waals surface area contributed by atoms with Crippen molar-refractivity contribution in [1.29, 1.82) is 0 Å². The first-order valence-electron chi connectivity index (χ1n) is 4.46. The van der Waals surface area contributed by atoms with Gasteiger partial charge >= 0.3 is 0 Å². The molecule has 0 aromatic rings. The molecule has 1 amide bonds. The van der Waals surface area contributed by atoms with Crippen molar-refractivity contribution >= 4 is 5.91 Å². The molecule has 0 saturated carbocycles. The van der Waals surface area contributed by atoms with Gasteiger partial charge in [0.2, 0.25) is 6.29 Å². The first-order chi connectivity index (χ1) is 6.34. The van der Waals surface area contributed by atoms with Gasteiger partial charge in [-0.15, -0.1) is 6.58 Å². The lowest BCUT2D eigenvalue weighted by atomic mass is 10.4. The molecule has 74 valence electrons. The summed E-state index contributed by atoms with van der Waals surface area (Å²) in [6, 6.07) is 0. The van der Waals surface area contributed by atoms with Crippen LogP contribution in [0, 0.1) is 0 Å². The number of hydrogen-bond acceptors (Lipinski definition) is 3. The van der Waals surface area contributed by atoms with Crippen LogP contribution in [0.5, 0.6) is 0 Å². The molecule has 0 aromatic heterocycles. The first-order valence-corrected chi connectivity index (χ1v) is 4.46. The summed E-state index contributed by atoms with van der Waals surface area (Å²) in [4.78, 5) is 11.3. The summed E-state index contributed by atoms with van der Waals surface area (Å²) in [5.74, 6) is -0.193. The van der Waals surface area contributed by atoms with Crippen molar-refractivity contribution in [2.75, 3.05) is 19.8 Å². The third-order valence-corrected chi connectivity index (χ3v) is 1.69. The third-order valence-electron chi connectivity index (χ3n) is 1.69. The van der Waals surface area contributed by atoms with Crippen molar-refractivity contribution in [2.45, 2.75) is 19.1 Å². The Morgan fingerprint density at radius 3 is 2.85 bits per heavy atom. The zero-order valence-corrected chi connectivity index (χ0v) is 7.62. The van der Waals surface area contributed by atoms with Gasteiger partial charge in [-0.1, -0.05) is 6.08 Å². The van der Waals surface area contributed by atoms with E-state index in [0.29, 0.717) is 19.8 Å². The molecule has 0 spiro atoms. The van der Waals surface area contributed by atoms with Gasteiger partial charge in [0.05, 0.1) is 13.2 Å². The van der Waals surface area contributed by atoms with Gasteiger partial charge in [0, 0.05) is 6.54 Å². The van der Waals surface area contributed by atoms with Gasteiger partial charge in [-0.2, -0.15) is 0 Å². The molecule has 0 aromatic carbocycles. The number of hydrogen-bond donors (Lipinski definition) is 1. The minimum Gasteiger partial charge on any atom is -0.351 e. The van der Waals surface area contributed by atoms with Crippen molar-refractivity contribution in [1.82, 2.24) is 5.32 Å². The van der Waals surface area contributed by atoms with Crippen LogP contribution in [0.25, 0.3) is 0 Å². The summed E-state index contributed by atoms with van der Waals surface area (Å²) in [6.45, 7) is 5.34. The lowest BCUT2D eigenvalue weighted by Crippen LogP contribution is -2.41. The Hall–Kier alpha value is -0.870. The largest absolute Gasteiger partial charge is 0.351 e. The van der Waals surface area contributed by atoms with Crippen molar-refractivity contribution < 1.29 is 14.3 Å². The van der Waals surface area contributed by atoms with E-state index in [1.54, 1.807) is 6.08 Å². The Bertz CT molecular complexity index is 176. The third kappa shape index (κ3) is 3.57. The molecule has 0 atom stereocenters. The fourth-order valence-corrected chi connectivity index (χ4v) is 1.02. The molecule has 0 radical (unpaired) electrons. The molecule has 1 aliphatic rings. The molecule has 1 heterocycles. The SMILES string of the molecule is C=CCCNC(=O)C1OCCCO1. The first kappa shape index (κ1) is 10.2. The number of carbonyl (C=O) groups excluding carboxylic acids is 1. The van der Waals surface area contributed by atoms with Crippen LogP contribution in [0.3, 0.4) is 0 Å². The van der Waals surface area contributed by atoms with Gasteiger partial charge in [0.1, 0.15) is 0 Å². The standard InChI is InChI=1S/C9H15NO3/c1-2-3-5-10-8(11)9-12-6-4-7-13-9/h2,9H,1,3-7H2,(H,10,11). The summed E-state index contributed by atoms with van der Waals surface area (Å²) in [5, 5.41) is 2.69. The van der Waals surface area contributed by atoms with E-state index in [-0.39, 0.29) is 5.91 Å². The fraction of sp³-hybridized carbons (Fsp3) is 0.667. The molecular formula is C9H15NO3. The van der Waals surface area contributed by atoms with E-state index >= 15 is 0 Å². The van der Waals surface area contributed by atoms with Gasteiger partial charge in [-0.25, -0.2) is 0 Å². The topological polar surface area (TPSA) is 47.6 Å². The van der Waals surface area contributed by atoms with Crippen LogP contribution in [0.15, 0.2) is 12.7 Å². The van der Waals surface area contributed by atoms with Gasteiger partial charge in [0.15, 0.2) is 0 Å². The number of ether oxygens (including phenoxy) is 2. The molecule has 1 N–H and O–H groups in total. The smallest absolute Gasteiger partial charge is 0.277 e. The van der Waals surface area contributed by atoms with Gasteiger partial charge < -0.3 is 14.8 Å². The molecule has 0 aliphatic carbocycles. The second kappa shape index (κ2) is 5.72. The Morgan fingerprint density at radius 1 is 1.54 bits per heavy atom. The molecule has 0 bridgehead atoms. The molecule has 13 heavy (non-hydrogen) atoms. The molecule has 4 heteroatoms. The Morgan fingerprint density at radius 2 is 2.23 bits per heavy atom. The van der Waals surface area contributed by atoms with Crippen LogP contribution >= 0.6 is 0 Å². The van der Waals surface area contributed by atoms with Gasteiger partial charge in [0.25, 0.3) is 5.91 Å². The van der Waals surface area contributed by atoms with Crippen molar-refractivity contribution in [3.05, 3.63) is 12.7 Å². The van der Waals surface area contributed by atoms with Crippen LogP contribution in [0.2, 0.25) is 0 Å². The van der Waals surface area contributed by atoms with Crippen LogP contribution in [0.1, 0.15) is 12.8 Å². The molecule has 4 nitrogen and oxygen atoms in total. The average molecular weight is 185 g/mol. The summed E-state index contributed by atoms with van der Waals surface area (Å²) < 4.78 is 10.2. The zero-order chi connectivity index (χ0) is 9.52. The van der Waals surface area contributed by atoms with E-state index in [0.717, 1.165) is 12.8 Å². The Labute approximate surface area is 77.9 Å². The van der Waals surface area contributed by atoms with E-state index in [4.69, 9.17) is 9.47 Å². The van der Waals surface area contributed by atoms with Crippen LogP contribution in [0.4, 0.5) is 0 Å². The molecule has 0 unspecified atom stereocenters. The second-order valence-electron chi connectivity index (χ2n) is 2.80. The average Bonchev–Trinajstić information content (AvgIpc) is 2.19. The predicted molar refractivity (Wildman–Crippen MR) is 48.1 cm³/mol. The maximum absolute atomic E-state index is 11.3. The highest BCUT2D eigenvalue weighted by Crippen LogP contribution is 2.04. The predicted octanol–water partition coefficient (Wildman–Crippen LogP) is 0.442. The van der Waals surface area contributed by atoms with Crippen molar-refractivity contribution in [3.8, 4) is 0 Å². The van der Waals surface area contributed by atoms with E-state index in [9.17, 15) is 4.79 Å². The minimum atomic E-state index is -0.710. The minimum absolute atomic E-state index is 0.193. The highest BCUT2D eigenvalue weighted by Gasteiger charge is 2.21. The van der Waals surface area contributed by atoms with Crippen LogP contribution in [-0.2, 0) is 14.3 Å². The van der Waals surface area contributed by atoms with E-state index < -0.39 is 6.29 Å². The summed E-state index contributed by atoms with van der Waals surface area (Å²) in [7, 11) is 0. The quantitative estimate of drug-likeness (QED) is 0.510. The molecule has 1 saturated heterocycles. The van der Waals surface area contributed by atoms with E-state index in [1.807, 2.05) is 0 Å². The summed E-state index contributed by atoms with van der Waals surface area (Å²) in [5.41, 5.74) is 0. The highest BCUT2D eigenvalue weighted by molar-refractivity contribution is 5.79. The summed E-state index contributed by atoms with van der Waals surface area (Å²) >= 11 is 0. The lowest BCUT2D eigenvalue weighted by molar-refractivity contribution is -0.190. The zero-order valence-electron chi connectivity index (χ0n) is 7.62. The second-order valence-corrected chi connectivity index (χ2v) is 2.80. The fourth-order valence-electron chi connectivity index (χ4n) is 1.02. The van der Waals surface area contributed by atoms with Gasteiger partial charge in [-0.05, 0) is 12.8 Å². The van der Waals surface area contributed by atoms with E-state index in [2.05, 4.69) is 11.9 Å². The molecule has 1 rings (SSSR count). The maximum atomic E-state index is 11.3. The van der Waals surface area contributed by atoms with Crippen LogP contribution in [-0.4, -0.2) is 32.0 Å². The lowest BCUT2D eigenvalue weighted by Gasteiger charge is -2.21. The number of nitrogens with one attached hydrogen (secondary N) is 1. The van der Waals surface area contributed by atoms with E-state index in [1.165, 1.54) is 0 Å². The van der Waals surface area contributed by atoms with Crippen molar-refractivity contribution in [3.63, 3.8) is 0 Å². The maximum Gasteiger partial charge on any atom is 0.277 e. The van der Waals surface area contributed by atoms with Gasteiger partial charge in [-0.3, -0.25) is 4.79 Å². The van der Waals surface area contributed by atoms with Crippen LogP contribution < -0.4 is 5.32 Å². The summed E-state index contributed by atoms with van der Waals surface area (Å²) in [6.07, 6.45) is 2.66. The monoisotopic (exact) mass is 185 g/mol. The molecular weight excluding hydrogens is 170 g/mol. The number of carbonyl (C=O) groups is 1.